The van der Waals surface area contributed by atoms with Gasteiger partial charge in [-0.1, -0.05) is 147 Å². The second-order valence-electron chi connectivity index (χ2n) is 14.7. The maximum absolute atomic E-state index is 6.85. The maximum atomic E-state index is 6.85. The van der Waals surface area contributed by atoms with Crippen molar-refractivity contribution in [2.75, 3.05) is 0 Å². The molecule has 10 aromatic rings. The quantitative estimate of drug-likeness (QED) is 0.185. The van der Waals surface area contributed by atoms with E-state index in [0.29, 0.717) is 0 Å². The standard InChI is InChI=1S/C50H34N2O/c1-50(2)39-22-12-9-19-36(39)46-47(50)48-44(45-38-21-11-14-24-43(38)53-49(45)46)37-20-10-13-23-42(37)52(48)35-27-25-31(26-28-35)34-29-40(32-15-5-3-6-16-32)51-41(30-34)33-17-7-4-8-18-33/h3-30H,1-2H3. The minimum Gasteiger partial charge on any atom is -0.455 e. The minimum absolute atomic E-state index is 0.248. The first-order valence-electron chi connectivity index (χ1n) is 18.3. The zero-order valence-electron chi connectivity index (χ0n) is 29.5. The Kier molecular flexibility index (Phi) is 6.30. The fraction of sp³-hybridized carbons (Fsp3) is 0.0600. The summed E-state index contributed by atoms with van der Waals surface area (Å²) in [5.41, 5.74) is 16.7. The number of aromatic nitrogens is 2. The van der Waals surface area contributed by atoms with E-state index in [1.165, 1.54) is 49.4 Å². The van der Waals surface area contributed by atoms with E-state index in [2.05, 4.69) is 176 Å². The highest BCUT2D eigenvalue weighted by Gasteiger charge is 2.41. The van der Waals surface area contributed by atoms with Gasteiger partial charge in [-0.25, -0.2) is 4.98 Å². The van der Waals surface area contributed by atoms with Crippen LogP contribution in [-0.2, 0) is 5.41 Å². The highest BCUT2D eigenvalue weighted by molar-refractivity contribution is 6.31. The monoisotopic (exact) mass is 678 g/mol. The van der Waals surface area contributed by atoms with Crippen LogP contribution >= 0.6 is 0 Å². The molecular weight excluding hydrogens is 645 g/mol. The van der Waals surface area contributed by atoms with Crippen LogP contribution in [0.1, 0.15) is 25.0 Å². The van der Waals surface area contributed by atoms with E-state index in [0.717, 1.165) is 55.9 Å². The van der Waals surface area contributed by atoms with Crippen LogP contribution in [0.5, 0.6) is 0 Å². The molecular formula is C50H34N2O. The van der Waals surface area contributed by atoms with Gasteiger partial charge in [0.05, 0.1) is 22.4 Å². The summed E-state index contributed by atoms with van der Waals surface area (Å²) >= 11 is 0. The van der Waals surface area contributed by atoms with Gasteiger partial charge in [0.25, 0.3) is 0 Å². The molecule has 0 atom stereocenters. The lowest BCUT2D eigenvalue weighted by atomic mass is 9.81. The molecule has 3 heterocycles. The van der Waals surface area contributed by atoms with Crippen molar-refractivity contribution in [3.8, 4) is 50.5 Å². The van der Waals surface area contributed by atoms with E-state index < -0.39 is 0 Å². The number of pyridine rings is 1. The molecule has 0 saturated carbocycles. The summed E-state index contributed by atoms with van der Waals surface area (Å²) in [4.78, 5) is 5.12. The van der Waals surface area contributed by atoms with Crippen LogP contribution in [0.2, 0.25) is 0 Å². The molecule has 3 heteroatoms. The Balaban J connectivity index is 1.18. The van der Waals surface area contributed by atoms with Crippen LogP contribution in [0.15, 0.2) is 174 Å². The average Bonchev–Trinajstić information content (AvgIpc) is 3.84. The van der Waals surface area contributed by atoms with E-state index in [9.17, 15) is 0 Å². The number of fused-ring (bicyclic) bond motifs is 12. The normalized spacial score (nSPS) is 13.2. The predicted molar refractivity (Wildman–Crippen MR) is 220 cm³/mol. The Labute approximate surface area is 307 Å². The van der Waals surface area contributed by atoms with Gasteiger partial charge in [-0.05, 0) is 64.2 Å². The second kappa shape index (κ2) is 11.1. The van der Waals surface area contributed by atoms with Gasteiger partial charge < -0.3 is 8.98 Å². The van der Waals surface area contributed by atoms with Gasteiger partial charge >= 0.3 is 0 Å². The smallest absolute Gasteiger partial charge is 0.144 e. The lowest BCUT2D eigenvalue weighted by molar-refractivity contribution is 0.656. The molecule has 0 fully saturated rings. The molecule has 11 rings (SSSR count). The van der Waals surface area contributed by atoms with Crippen LogP contribution < -0.4 is 0 Å². The largest absolute Gasteiger partial charge is 0.455 e. The lowest BCUT2D eigenvalue weighted by Crippen LogP contribution is -2.16. The molecule has 0 aliphatic heterocycles. The van der Waals surface area contributed by atoms with Crippen molar-refractivity contribution < 1.29 is 4.42 Å². The van der Waals surface area contributed by atoms with Crippen molar-refractivity contribution >= 4 is 43.7 Å². The van der Waals surface area contributed by atoms with Crippen LogP contribution in [0.3, 0.4) is 0 Å². The Morgan fingerprint density at radius 3 is 1.85 bits per heavy atom. The first kappa shape index (κ1) is 30.0. The first-order chi connectivity index (χ1) is 26.1. The maximum Gasteiger partial charge on any atom is 0.144 e. The van der Waals surface area contributed by atoms with Crippen molar-refractivity contribution in [1.82, 2.24) is 9.55 Å². The van der Waals surface area contributed by atoms with E-state index in [-0.39, 0.29) is 5.41 Å². The molecule has 0 radical (unpaired) electrons. The number of hydrogen-bond acceptors (Lipinski definition) is 2. The van der Waals surface area contributed by atoms with Crippen LogP contribution in [0.4, 0.5) is 0 Å². The molecule has 3 nitrogen and oxygen atoms in total. The fourth-order valence-electron chi connectivity index (χ4n) is 8.96. The molecule has 1 aliphatic rings. The molecule has 0 spiro atoms. The van der Waals surface area contributed by atoms with Crippen LogP contribution in [0, 0.1) is 0 Å². The van der Waals surface area contributed by atoms with Crippen molar-refractivity contribution in [1.29, 1.82) is 0 Å². The summed E-state index contributed by atoms with van der Waals surface area (Å²) in [6, 6.07) is 60.7. The van der Waals surface area contributed by atoms with Crippen molar-refractivity contribution in [2.45, 2.75) is 19.3 Å². The number of hydrogen-bond donors (Lipinski definition) is 0. The Morgan fingerprint density at radius 2 is 1.13 bits per heavy atom. The molecule has 7 aromatic carbocycles. The average molecular weight is 679 g/mol. The molecule has 0 bridgehead atoms. The Bertz CT molecular complexity index is 3000. The zero-order chi connectivity index (χ0) is 35.3. The highest BCUT2D eigenvalue weighted by Crippen LogP contribution is 2.57. The fourth-order valence-corrected chi connectivity index (χ4v) is 8.96. The van der Waals surface area contributed by atoms with Crippen LogP contribution in [0.25, 0.3) is 94.2 Å². The first-order valence-corrected chi connectivity index (χ1v) is 18.3. The van der Waals surface area contributed by atoms with Gasteiger partial charge in [0.15, 0.2) is 0 Å². The summed E-state index contributed by atoms with van der Waals surface area (Å²) in [5.74, 6) is 0. The van der Waals surface area contributed by atoms with E-state index >= 15 is 0 Å². The number of rotatable bonds is 4. The van der Waals surface area contributed by atoms with E-state index in [4.69, 9.17) is 9.40 Å². The third-order valence-electron chi connectivity index (χ3n) is 11.4. The summed E-state index contributed by atoms with van der Waals surface area (Å²) < 4.78 is 9.35. The number of para-hydroxylation sites is 2. The van der Waals surface area contributed by atoms with Gasteiger partial charge in [0.2, 0.25) is 0 Å². The third kappa shape index (κ3) is 4.31. The Hall–Kier alpha value is -6.71. The molecule has 3 aromatic heterocycles. The zero-order valence-corrected chi connectivity index (χ0v) is 29.5. The molecule has 0 amide bonds. The summed E-state index contributed by atoms with van der Waals surface area (Å²) in [5, 5.41) is 4.81. The van der Waals surface area contributed by atoms with Gasteiger partial charge in [0.1, 0.15) is 11.2 Å². The third-order valence-corrected chi connectivity index (χ3v) is 11.4. The molecule has 53 heavy (non-hydrogen) atoms. The van der Waals surface area contributed by atoms with Crippen molar-refractivity contribution in [2.24, 2.45) is 0 Å². The predicted octanol–water partition coefficient (Wildman–Crippen LogP) is 13.4. The SMILES string of the molecule is CC1(C)c2ccccc2-c2c1c1c(c3ccccc3n1-c1ccc(-c3cc(-c4ccccc4)nc(-c4ccccc4)c3)cc1)c1c2oc2ccccc21. The number of nitrogens with zero attached hydrogens (tertiary/aromatic N) is 2. The lowest BCUT2D eigenvalue weighted by Gasteiger charge is -2.24. The number of furan rings is 1. The molecule has 0 unspecified atom stereocenters. The summed E-state index contributed by atoms with van der Waals surface area (Å²) in [7, 11) is 0. The molecule has 1 aliphatic carbocycles. The second-order valence-corrected chi connectivity index (χ2v) is 14.7. The van der Waals surface area contributed by atoms with Crippen molar-refractivity contribution in [3.63, 3.8) is 0 Å². The van der Waals surface area contributed by atoms with Gasteiger partial charge in [-0.15, -0.1) is 0 Å². The minimum atomic E-state index is -0.248. The number of benzene rings is 7. The van der Waals surface area contributed by atoms with Crippen molar-refractivity contribution in [3.05, 3.63) is 181 Å². The Morgan fingerprint density at radius 1 is 0.528 bits per heavy atom. The molecule has 0 N–H and O–H groups in total. The van der Waals surface area contributed by atoms with Gasteiger partial charge in [0, 0.05) is 49.3 Å². The summed E-state index contributed by atoms with van der Waals surface area (Å²) in [6.45, 7) is 4.74. The molecule has 0 saturated heterocycles. The van der Waals surface area contributed by atoms with Crippen LogP contribution in [-0.4, -0.2) is 9.55 Å². The highest BCUT2D eigenvalue weighted by atomic mass is 16.3. The van der Waals surface area contributed by atoms with Gasteiger partial charge in [-0.2, -0.15) is 0 Å². The molecule has 250 valence electrons. The topological polar surface area (TPSA) is 31.0 Å². The van der Waals surface area contributed by atoms with Gasteiger partial charge in [-0.3, -0.25) is 0 Å². The summed E-state index contributed by atoms with van der Waals surface area (Å²) in [6.07, 6.45) is 0. The van der Waals surface area contributed by atoms with E-state index in [1.54, 1.807) is 0 Å². The van der Waals surface area contributed by atoms with E-state index in [1.807, 2.05) is 12.1 Å².